The van der Waals surface area contributed by atoms with Gasteiger partial charge in [0.25, 0.3) is 11.8 Å². The number of benzene rings is 2. The zero-order chi connectivity index (χ0) is 30.6. The molecule has 2 aliphatic heterocycles. The molecule has 2 aromatic carbocycles. The summed E-state index contributed by atoms with van der Waals surface area (Å²) in [5.74, 6) is 0.0235. The lowest BCUT2D eigenvalue weighted by atomic mass is 10.1. The lowest BCUT2D eigenvalue weighted by Gasteiger charge is -2.24. The van der Waals surface area contributed by atoms with Crippen molar-refractivity contribution in [2.75, 3.05) is 37.8 Å². The number of carbonyl (C=O) groups is 3. The van der Waals surface area contributed by atoms with Gasteiger partial charge in [-0.25, -0.2) is 13.4 Å². The number of hydrogen-bond acceptors (Lipinski definition) is 7. The monoisotopic (exact) mass is 605 g/mol. The average Bonchev–Trinajstić information content (AvgIpc) is 3.60. The van der Waals surface area contributed by atoms with E-state index >= 15 is 0 Å². The molecule has 2 N–H and O–H groups in total. The maximum atomic E-state index is 13.4. The molecule has 0 radical (unpaired) electrons. The van der Waals surface area contributed by atoms with E-state index in [2.05, 4.69) is 15.6 Å². The van der Waals surface area contributed by atoms with Crippen molar-refractivity contribution in [3.05, 3.63) is 71.6 Å². The van der Waals surface area contributed by atoms with Crippen molar-refractivity contribution in [3.8, 4) is 0 Å². The van der Waals surface area contributed by atoms with Crippen LogP contribution in [0.5, 0.6) is 0 Å². The summed E-state index contributed by atoms with van der Waals surface area (Å²) in [7, 11) is -3.41. The van der Waals surface area contributed by atoms with E-state index in [4.69, 9.17) is 4.42 Å². The second-order valence-corrected chi connectivity index (χ2v) is 12.9. The van der Waals surface area contributed by atoms with Crippen LogP contribution >= 0.6 is 0 Å². The van der Waals surface area contributed by atoms with Gasteiger partial charge in [-0.05, 0) is 87.6 Å². The number of anilines is 1. The predicted octanol–water partition coefficient (Wildman–Crippen LogP) is 3.86. The van der Waals surface area contributed by atoms with Crippen molar-refractivity contribution in [3.63, 3.8) is 0 Å². The largest absolute Gasteiger partial charge is 0.461 e. The van der Waals surface area contributed by atoms with Crippen LogP contribution in [0.3, 0.4) is 0 Å². The fraction of sp³-hybridized carbons (Fsp3) is 0.355. The summed E-state index contributed by atoms with van der Waals surface area (Å²) in [5.41, 5.74) is 2.01. The number of sulfone groups is 1. The first-order valence-electron chi connectivity index (χ1n) is 14.3. The summed E-state index contributed by atoms with van der Waals surface area (Å²) < 4.78 is 29.3. The molecular weight excluding hydrogens is 570 g/mol. The molecule has 0 bridgehead atoms. The Balaban J connectivity index is 1.40. The Bertz CT molecular complexity index is 1700. The molecule has 1 aromatic heterocycles. The van der Waals surface area contributed by atoms with E-state index in [1.165, 1.54) is 30.5 Å². The van der Waals surface area contributed by atoms with Gasteiger partial charge in [0.2, 0.25) is 11.9 Å². The molecule has 0 spiro atoms. The van der Waals surface area contributed by atoms with Crippen LogP contribution in [0.25, 0.3) is 11.0 Å². The third kappa shape index (κ3) is 7.50. The summed E-state index contributed by atoms with van der Waals surface area (Å²) in [5, 5.41) is 6.72. The molecule has 11 nitrogen and oxygen atoms in total. The number of furan rings is 1. The lowest BCUT2D eigenvalue weighted by Crippen LogP contribution is -2.42. The molecule has 3 amide bonds. The number of amides is 3. The SMILES string of the molecule is Cc1cc2cc(NC(=N/C=C3\CCCCN(CC(=O)N4CCCC4)C3=O)NC(=O)c3ccc(S(C)(=O)=O)cc3)ccc2o1. The fourth-order valence-electron chi connectivity index (χ4n) is 5.19. The molecule has 2 saturated heterocycles. The van der Waals surface area contributed by atoms with Crippen LogP contribution in [-0.4, -0.2) is 74.3 Å². The number of nitrogens with one attached hydrogen (secondary N) is 2. The first-order chi connectivity index (χ1) is 20.6. The van der Waals surface area contributed by atoms with E-state index in [-0.39, 0.29) is 34.8 Å². The maximum Gasteiger partial charge on any atom is 0.257 e. The number of aryl methyl sites for hydroxylation is 1. The summed E-state index contributed by atoms with van der Waals surface area (Å²) in [6.07, 6.45) is 6.53. The molecule has 2 fully saturated rings. The van der Waals surface area contributed by atoms with Crippen molar-refractivity contribution in [1.29, 1.82) is 0 Å². The van der Waals surface area contributed by atoms with Crippen LogP contribution in [0, 0.1) is 6.92 Å². The number of nitrogens with zero attached hydrogens (tertiary/aromatic N) is 3. The van der Waals surface area contributed by atoms with Gasteiger partial charge in [0.15, 0.2) is 9.84 Å². The molecule has 0 aliphatic carbocycles. The van der Waals surface area contributed by atoms with Crippen molar-refractivity contribution in [2.45, 2.75) is 43.9 Å². The first kappa shape index (κ1) is 30.0. The normalized spacial score (nSPS) is 17.4. The van der Waals surface area contributed by atoms with E-state index in [0.717, 1.165) is 56.2 Å². The minimum absolute atomic E-state index is 0.0370. The molecule has 226 valence electrons. The lowest BCUT2D eigenvalue weighted by molar-refractivity contribution is -0.137. The number of carbonyl (C=O) groups excluding carboxylic acids is 3. The van der Waals surface area contributed by atoms with Gasteiger partial charge < -0.3 is 19.5 Å². The smallest absolute Gasteiger partial charge is 0.257 e. The number of likely N-dealkylation sites (tertiary alicyclic amines) is 2. The molecule has 0 unspecified atom stereocenters. The van der Waals surface area contributed by atoms with E-state index in [1.807, 2.05) is 19.1 Å². The standard InChI is InChI=1S/C31H35N5O6S/c1-21-17-24-18-25(10-13-27(24)42-21)33-31(34-29(38)22-8-11-26(12-9-22)43(2,40)41)32-19-23-7-3-4-16-36(30(23)39)20-28(37)35-14-5-6-15-35/h8-13,17-19H,3-7,14-16,20H2,1-2H3,(H2,32,33,34,38)/b23-19+. The van der Waals surface area contributed by atoms with Gasteiger partial charge in [-0.3, -0.25) is 19.7 Å². The Kier molecular flexibility index (Phi) is 8.95. The highest BCUT2D eigenvalue weighted by atomic mass is 32.2. The summed E-state index contributed by atoms with van der Waals surface area (Å²) in [6, 6.07) is 12.9. The predicted molar refractivity (Wildman–Crippen MR) is 163 cm³/mol. The van der Waals surface area contributed by atoms with Gasteiger partial charge in [-0.1, -0.05) is 0 Å². The fourth-order valence-corrected chi connectivity index (χ4v) is 5.82. The first-order valence-corrected chi connectivity index (χ1v) is 16.2. The summed E-state index contributed by atoms with van der Waals surface area (Å²) >= 11 is 0. The molecule has 43 heavy (non-hydrogen) atoms. The van der Waals surface area contributed by atoms with E-state index in [1.54, 1.807) is 21.9 Å². The van der Waals surface area contributed by atoms with Crippen molar-refractivity contribution < 1.29 is 27.2 Å². The third-order valence-electron chi connectivity index (χ3n) is 7.50. The van der Waals surface area contributed by atoms with Gasteiger partial charge in [0.05, 0.1) is 4.90 Å². The van der Waals surface area contributed by atoms with Crippen LogP contribution in [0.4, 0.5) is 5.69 Å². The molecule has 2 aliphatic rings. The molecule has 12 heteroatoms. The van der Waals surface area contributed by atoms with E-state index in [9.17, 15) is 22.8 Å². The summed E-state index contributed by atoms with van der Waals surface area (Å²) in [6.45, 7) is 3.84. The topological polar surface area (TPSA) is 141 Å². The minimum Gasteiger partial charge on any atom is -0.461 e. The van der Waals surface area contributed by atoms with Gasteiger partial charge >= 0.3 is 0 Å². The number of hydrogen-bond donors (Lipinski definition) is 2. The van der Waals surface area contributed by atoms with Crippen LogP contribution in [0.2, 0.25) is 0 Å². The summed E-state index contributed by atoms with van der Waals surface area (Å²) in [4.78, 5) is 47.3. The van der Waals surface area contributed by atoms with E-state index in [0.29, 0.717) is 29.8 Å². The van der Waals surface area contributed by atoms with Crippen LogP contribution in [-0.2, 0) is 19.4 Å². The average molecular weight is 606 g/mol. The van der Waals surface area contributed by atoms with Crippen LogP contribution < -0.4 is 10.6 Å². The highest BCUT2D eigenvalue weighted by Crippen LogP contribution is 2.23. The quantitative estimate of drug-likeness (QED) is 0.247. The van der Waals surface area contributed by atoms with E-state index < -0.39 is 15.7 Å². The number of aliphatic imine (C=N–C) groups is 1. The Morgan fingerprint density at radius 2 is 1.72 bits per heavy atom. The van der Waals surface area contributed by atoms with Crippen molar-refractivity contribution >= 4 is 50.2 Å². The Labute approximate surface area is 250 Å². The van der Waals surface area contributed by atoms with Gasteiger partial charge in [0, 0.05) is 54.3 Å². The molecular formula is C31H35N5O6S. The third-order valence-corrected chi connectivity index (χ3v) is 8.63. The zero-order valence-electron chi connectivity index (χ0n) is 24.3. The second kappa shape index (κ2) is 12.8. The highest BCUT2D eigenvalue weighted by Gasteiger charge is 2.26. The molecule has 0 atom stereocenters. The number of rotatable bonds is 6. The number of guanidine groups is 1. The molecule has 3 aromatic rings. The highest BCUT2D eigenvalue weighted by molar-refractivity contribution is 7.90. The molecule has 3 heterocycles. The van der Waals surface area contributed by atoms with Gasteiger partial charge in [0.1, 0.15) is 17.9 Å². The van der Waals surface area contributed by atoms with Crippen molar-refractivity contribution in [2.24, 2.45) is 4.99 Å². The minimum atomic E-state index is -3.41. The Morgan fingerprint density at radius 3 is 2.44 bits per heavy atom. The molecule has 0 saturated carbocycles. The van der Waals surface area contributed by atoms with Gasteiger partial charge in [-0.15, -0.1) is 0 Å². The van der Waals surface area contributed by atoms with Gasteiger partial charge in [-0.2, -0.15) is 0 Å². The number of fused-ring (bicyclic) bond motifs is 1. The van der Waals surface area contributed by atoms with Crippen LogP contribution in [0.1, 0.15) is 48.2 Å². The Morgan fingerprint density at radius 1 is 1.00 bits per heavy atom. The Hall–Kier alpha value is -4.45. The second-order valence-electron chi connectivity index (χ2n) is 10.9. The van der Waals surface area contributed by atoms with Crippen molar-refractivity contribution in [1.82, 2.24) is 15.1 Å². The van der Waals surface area contributed by atoms with Crippen LogP contribution in [0.15, 0.2) is 74.6 Å². The maximum absolute atomic E-state index is 13.4. The zero-order valence-corrected chi connectivity index (χ0v) is 25.1. The molecule has 5 rings (SSSR count).